The average Bonchev–Trinajstić information content (AvgIpc) is 2.69. The van der Waals surface area contributed by atoms with Gasteiger partial charge in [-0.1, -0.05) is 46.6 Å². The third kappa shape index (κ3) is 11.0. The maximum atomic E-state index is 10.4. The van der Waals surface area contributed by atoms with Crippen molar-refractivity contribution in [1.29, 1.82) is 0 Å². The van der Waals surface area contributed by atoms with Crippen LogP contribution >= 0.6 is 0 Å². The van der Waals surface area contributed by atoms with Crippen LogP contribution in [0.15, 0.2) is 58.7 Å². The van der Waals surface area contributed by atoms with Crippen LogP contribution in [-0.4, -0.2) is 33.1 Å². The number of aliphatic hydroxyl groups is 2. The molecule has 0 amide bonds. The van der Waals surface area contributed by atoms with Gasteiger partial charge in [-0.2, -0.15) is 0 Å². The fourth-order valence-corrected chi connectivity index (χ4v) is 3.41. The Morgan fingerprint density at radius 1 is 0.871 bits per heavy atom. The van der Waals surface area contributed by atoms with Crippen LogP contribution in [0.4, 0.5) is 0 Å². The minimum Gasteiger partial charge on any atom is -0.508 e. The van der Waals surface area contributed by atoms with E-state index < -0.39 is 6.10 Å². The maximum absolute atomic E-state index is 10.4. The first-order valence-corrected chi connectivity index (χ1v) is 11.1. The molecule has 4 nitrogen and oxygen atoms in total. The number of allylic oxidation sites excluding steroid dienone is 5. The van der Waals surface area contributed by atoms with Gasteiger partial charge < -0.3 is 20.4 Å². The van der Waals surface area contributed by atoms with Crippen molar-refractivity contribution in [2.24, 2.45) is 0 Å². The van der Waals surface area contributed by atoms with E-state index >= 15 is 0 Å². The molecule has 4 heteroatoms. The van der Waals surface area contributed by atoms with Crippen molar-refractivity contribution in [1.82, 2.24) is 0 Å². The summed E-state index contributed by atoms with van der Waals surface area (Å²) >= 11 is 0. The second-order valence-corrected chi connectivity index (χ2v) is 8.65. The normalized spacial score (nSPS) is 14.8. The summed E-state index contributed by atoms with van der Waals surface area (Å²) in [6.07, 6.45) is 12.6. The van der Waals surface area contributed by atoms with Crippen LogP contribution in [0, 0.1) is 6.92 Å². The zero-order valence-corrected chi connectivity index (χ0v) is 19.8. The van der Waals surface area contributed by atoms with Gasteiger partial charge >= 0.3 is 0 Å². The van der Waals surface area contributed by atoms with Crippen molar-refractivity contribution in [3.63, 3.8) is 0 Å². The van der Waals surface area contributed by atoms with Crippen LogP contribution in [0.1, 0.15) is 70.9 Å². The van der Waals surface area contributed by atoms with Crippen molar-refractivity contribution in [3.05, 3.63) is 69.9 Å². The molecule has 1 rings (SSSR count). The van der Waals surface area contributed by atoms with Crippen molar-refractivity contribution >= 4 is 0 Å². The summed E-state index contributed by atoms with van der Waals surface area (Å²) in [6, 6.07) is 3.12. The quantitative estimate of drug-likeness (QED) is 0.242. The zero-order chi connectivity index (χ0) is 23.4. The number of benzene rings is 1. The molecule has 0 aliphatic heterocycles. The molecule has 0 spiro atoms. The topological polar surface area (TPSA) is 80.9 Å². The highest BCUT2D eigenvalue weighted by Gasteiger charge is 2.07. The van der Waals surface area contributed by atoms with Gasteiger partial charge in [-0.15, -0.1) is 0 Å². The Morgan fingerprint density at radius 3 is 2.13 bits per heavy atom. The smallest absolute Gasteiger partial charge is 0.122 e. The molecule has 0 bridgehead atoms. The number of phenolic OH excluding ortho intramolecular Hbond substituents is 2. The molecule has 0 aromatic heterocycles. The first kappa shape index (κ1) is 26.7. The fraction of sp³-hybridized carbons (Fsp3) is 0.481. The molecule has 0 aliphatic carbocycles. The average molecular weight is 429 g/mol. The summed E-state index contributed by atoms with van der Waals surface area (Å²) < 4.78 is 0. The third-order valence-electron chi connectivity index (χ3n) is 5.35. The second-order valence-electron chi connectivity index (χ2n) is 8.65. The first-order valence-electron chi connectivity index (χ1n) is 11.1. The molecule has 0 heterocycles. The zero-order valence-electron chi connectivity index (χ0n) is 19.8. The van der Waals surface area contributed by atoms with E-state index in [4.69, 9.17) is 5.11 Å². The Balaban J connectivity index is 2.49. The third-order valence-corrected chi connectivity index (χ3v) is 5.35. The molecule has 1 unspecified atom stereocenters. The van der Waals surface area contributed by atoms with E-state index in [1.54, 1.807) is 19.1 Å². The monoisotopic (exact) mass is 428 g/mol. The van der Waals surface area contributed by atoms with E-state index in [9.17, 15) is 15.3 Å². The number of hydrogen-bond acceptors (Lipinski definition) is 4. The number of aliphatic hydroxyl groups excluding tert-OH is 2. The Labute approximate surface area is 188 Å². The van der Waals surface area contributed by atoms with E-state index in [0.29, 0.717) is 24.0 Å². The van der Waals surface area contributed by atoms with E-state index in [-0.39, 0.29) is 18.1 Å². The van der Waals surface area contributed by atoms with Gasteiger partial charge in [0.05, 0.1) is 12.7 Å². The Bertz CT molecular complexity index is 828. The minimum atomic E-state index is -0.535. The van der Waals surface area contributed by atoms with Crippen LogP contribution in [0.25, 0.3) is 0 Å². The number of rotatable bonds is 12. The van der Waals surface area contributed by atoms with Crippen molar-refractivity contribution < 1.29 is 20.4 Å². The highest BCUT2D eigenvalue weighted by Crippen LogP contribution is 2.28. The number of hydrogen-bond donors (Lipinski definition) is 4. The lowest BCUT2D eigenvalue weighted by molar-refractivity contribution is 0.222. The summed E-state index contributed by atoms with van der Waals surface area (Å²) in [6.45, 7) is 9.98. The van der Waals surface area contributed by atoms with Crippen LogP contribution in [-0.2, 0) is 6.42 Å². The Hall–Kier alpha value is -2.30. The summed E-state index contributed by atoms with van der Waals surface area (Å²) in [7, 11) is 0. The second kappa shape index (κ2) is 13.9. The Kier molecular flexibility index (Phi) is 12.0. The number of aromatic hydroxyl groups is 2. The number of phenols is 2. The lowest BCUT2D eigenvalue weighted by atomic mass is 10.0. The van der Waals surface area contributed by atoms with E-state index in [1.165, 1.54) is 11.1 Å². The van der Waals surface area contributed by atoms with Gasteiger partial charge in [0.1, 0.15) is 11.5 Å². The first-order chi connectivity index (χ1) is 14.6. The molecule has 31 heavy (non-hydrogen) atoms. The number of aryl methyl sites for hydroxylation is 1. The van der Waals surface area contributed by atoms with Crippen LogP contribution in [0.3, 0.4) is 0 Å². The van der Waals surface area contributed by atoms with Gasteiger partial charge in [-0.25, -0.2) is 0 Å². The van der Waals surface area contributed by atoms with Gasteiger partial charge in [0.2, 0.25) is 0 Å². The molecule has 1 aromatic carbocycles. The highest BCUT2D eigenvalue weighted by atomic mass is 16.3. The van der Waals surface area contributed by atoms with Crippen LogP contribution in [0.2, 0.25) is 0 Å². The molecule has 4 N–H and O–H groups in total. The summed E-state index contributed by atoms with van der Waals surface area (Å²) in [5.41, 5.74) is 5.90. The van der Waals surface area contributed by atoms with Crippen molar-refractivity contribution in [2.75, 3.05) is 6.61 Å². The van der Waals surface area contributed by atoms with E-state index in [1.807, 2.05) is 32.9 Å². The largest absolute Gasteiger partial charge is 0.508 e. The van der Waals surface area contributed by atoms with Crippen LogP contribution in [0.5, 0.6) is 11.5 Å². The lowest BCUT2D eigenvalue weighted by Gasteiger charge is -2.10. The van der Waals surface area contributed by atoms with Crippen LogP contribution < -0.4 is 0 Å². The fourth-order valence-electron chi connectivity index (χ4n) is 3.41. The van der Waals surface area contributed by atoms with Gasteiger partial charge in [-0.3, -0.25) is 0 Å². The highest BCUT2D eigenvalue weighted by molar-refractivity contribution is 5.46. The molecule has 0 radical (unpaired) electrons. The molecule has 0 saturated heterocycles. The van der Waals surface area contributed by atoms with Gasteiger partial charge in [0.25, 0.3) is 0 Å². The van der Waals surface area contributed by atoms with Crippen molar-refractivity contribution in [3.8, 4) is 11.5 Å². The molecule has 0 saturated carbocycles. The molecular formula is C27H40O4. The SMILES string of the molecule is CC(=CCCC(C)=CCCC(C)=CC(O)CC(C)=CCc1cc(O)cc(C)c1O)CO. The minimum absolute atomic E-state index is 0.127. The predicted molar refractivity (Wildman–Crippen MR) is 129 cm³/mol. The lowest BCUT2D eigenvalue weighted by Crippen LogP contribution is -2.04. The molecule has 0 fully saturated rings. The molecule has 1 aromatic rings. The molecule has 1 atom stereocenters. The van der Waals surface area contributed by atoms with Gasteiger partial charge in [0.15, 0.2) is 0 Å². The predicted octanol–water partition coefficient (Wildman–Crippen LogP) is 6.04. The molecule has 172 valence electrons. The summed E-state index contributed by atoms with van der Waals surface area (Å²) in [5.74, 6) is 0.358. The Morgan fingerprint density at radius 2 is 1.48 bits per heavy atom. The standard InChI is InChI=1S/C27H40O4/c1-19(9-7-11-22(4)18-28)8-6-10-20(2)14-25(29)15-21(3)12-13-24-17-26(30)16-23(5)27(24)31/h8,11-12,14,16-17,25,28-31H,6-7,9-10,13,15,18H2,1-5H3. The van der Waals surface area contributed by atoms with Crippen molar-refractivity contribution in [2.45, 2.75) is 79.2 Å². The van der Waals surface area contributed by atoms with Gasteiger partial charge in [-0.05, 0) is 90.8 Å². The molecule has 0 aliphatic rings. The van der Waals surface area contributed by atoms with Gasteiger partial charge in [0, 0.05) is 5.56 Å². The van der Waals surface area contributed by atoms with E-state index in [2.05, 4.69) is 19.1 Å². The molecular weight excluding hydrogens is 388 g/mol. The maximum Gasteiger partial charge on any atom is 0.122 e. The summed E-state index contributed by atoms with van der Waals surface area (Å²) in [4.78, 5) is 0. The van der Waals surface area contributed by atoms with E-state index in [0.717, 1.165) is 36.8 Å². The summed E-state index contributed by atoms with van der Waals surface area (Å²) in [5, 5.41) is 39.2.